The standard InChI is InChI=1S/C10H17N3O/c1-7-4-8(11)5-12-9(7)13-10(2,3)6-14/h4-5,14H,6,11H2,1-3H3,(H,12,13). The predicted octanol–water partition coefficient (Wildman–Crippen LogP) is 1.16. The molecule has 0 unspecified atom stereocenters. The topological polar surface area (TPSA) is 71.2 Å². The number of aryl methyl sites for hydroxylation is 1. The number of hydrogen-bond donors (Lipinski definition) is 3. The number of anilines is 2. The van der Waals surface area contributed by atoms with Crippen molar-refractivity contribution in [3.8, 4) is 0 Å². The van der Waals surface area contributed by atoms with Crippen LogP contribution in [0.15, 0.2) is 12.3 Å². The van der Waals surface area contributed by atoms with Crippen molar-refractivity contribution in [3.05, 3.63) is 17.8 Å². The van der Waals surface area contributed by atoms with E-state index in [0.717, 1.165) is 11.4 Å². The van der Waals surface area contributed by atoms with E-state index >= 15 is 0 Å². The van der Waals surface area contributed by atoms with Gasteiger partial charge in [0, 0.05) is 0 Å². The van der Waals surface area contributed by atoms with Crippen LogP contribution in [0.4, 0.5) is 11.5 Å². The summed E-state index contributed by atoms with van der Waals surface area (Å²) in [6.45, 7) is 5.80. The van der Waals surface area contributed by atoms with Gasteiger partial charge in [-0.3, -0.25) is 0 Å². The minimum Gasteiger partial charge on any atom is -0.397 e. The number of nitrogens with two attached hydrogens (primary N) is 1. The molecule has 14 heavy (non-hydrogen) atoms. The summed E-state index contributed by atoms with van der Waals surface area (Å²) in [4.78, 5) is 4.16. The lowest BCUT2D eigenvalue weighted by molar-refractivity contribution is 0.234. The van der Waals surface area contributed by atoms with Crippen LogP contribution < -0.4 is 11.1 Å². The molecule has 0 radical (unpaired) electrons. The molecule has 0 aliphatic heterocycles. The van der Waals surface area contributed by atoms with Gasteiger partial charge < -0.3 is 16.2 Å². The number of aromatic nitrogens is 1. The average Bonchev–Trinajstić information content (AvgIpc) is 2.10. The van der Waals surface area contributed by atoms with Gasteiger partial charge in [-0.05, 0) is 32.4 Å². The van der Waals surface area contributed by atoms with Crippen LogP contribution in [-0.2, 0) is 0 Å². The first-order valence-corrected chi connectivity index (χ1v) is 4.56. The number of aliphatic hydroxyl groups excluding tert-OH is 1. The maximum absolute atomic E-state index is 9.09. The van der Waals surface area contributed by atoms with Crippen molar-refractivity contribution in [1.82, 2.24) is 4.98 Å². The van der Waals surface area contributed by atoms with E-state index in [4.69, 9.17) is 10.8 Å². The molecule has 0 saturated heterocycles. The number of hydrogen-bond acceptors (Lipinski definition) is 4. The number of nitrogens with zero attached hydrogens (tertiary/aromatic N) is 1. The number of nitrogen functional groups attached to an aromatic ring is 1. The Kier molecular flexibility index (Phi) is 2.96. The first-order chi connectivity index (χ1) is 6.44. The molecule has 0 fully saturated rings. The quantitative estimate of drug-likeness (QED) is 0.676. The summed E-state index contributed by atoms with van der Waals surface area (Å²) in [7, 11) is 0. The summed E-state index contributed by atoms with van der Waals surface area (Å²) in [6, 6.07) is 1.85. The van der Waals surface area contributed by atoms with Gasteiger partial charge in [0.1, 0.15) is 5.82 Å². The van der Waals surface area contributed by atoms with E-state index in [1.807, 2.05) is 26.8 Å². The Bertz CT molecular complexity index is 323. The smallest absolute Gasteiger partial charge is 0.129 e. The van der Waals surface area contributed by atoms with Crippen LogP contribution in [-0.4, -0.2) is 22.2 Å². The minimum absolute atomic E-state index is 0.0541. The summed E-state index contributed by atoms with van der Waals surface area (Å²) < 4.78 is 0. The largest absolute Gasteiger partial charge is 0.397 e. The monoisotopic (exact) mass is 195 g/mol. The molecule has 4 N–H and O–H groups in total. The highest BCUT2D eigenvalue weighted by Crippen LogP contribution is 2.18. The van der Waals surface area contributed by atoms with Gasteiger partial charge >= 0.3 is 0 Å². The second-order valence-corrected chi connectivity index (χ2v) is 4.10. The molecule has 0 aromatic carbocycles. The zero-order valence-electron chi connectivity index (χ0n) is 8.83. The summed E-state index contributed by atoms with van der Waals surface area (Å²) >= 11 is 0. The molecule has 1 aromatic heterocycles. The minimum atomic E-state index is -0.367. The molecule has 1 heterocycles. The molecule has 4 nitrogen and oxygen atoms in total. The van der Waals surface area contributed by atoms with Crippen molar-refractivity contribution in [2.75, 3.05) is 17.7 Å². The Labute approximate surface area is 84.2 Å². The molecular weight excluding hydrogens is 178 g/mol. The number of nitrogens with one attached hydrogen (secondary N) is 1. The van der Waals surface area contributed by atoms with Crippen molar-refractivity contribution in [3.63, 3.8) is 0 Å². The van der Waals surface area contributed by atoms with Gasteiger partial charge in [-0.25, -0.2) is 4.98 Å². The van der Waals surface area contributed by atoms with Crippen LogP contribution in [0.3, 0.4) is 0 Å². The Balaban J connectivity index is 2.87. The van der Waals surface area contributed by atoms with E-state index in [1.54, 1.807) is 6.20 Å². The average molecular weight is 195 g/mol. The molecule has 1 rings (SSSR count). The summed E-state index contributed by atoms with van der Waals surface area (Å²) in [5, 5.41) is 12.2. The number of pyridine rings is 1. The summed E-state index contributed by atoms with van der Waals surface area (Å²) in [5.74, 6) is 0.762. The Morgan fingerprint density at radius 2 is 2.21 bits per heavy atom. The van der Waals surface area contributed by atoms with Gasteiger partial charge in [-0.1, -0.05) is 0 Å². The van der Waals surface area contributed by atoms with E-state index in [1.165, 1.54) is 0 Å². The fourth-order valence-electron chi connectivity index (χ4n) is 1.09. The second-order valence-electron chi connectivity index (χ2n) is 4.10. The first-order valence-electron chi connectivity index (χ1n) is 4.56. The maximum Gasteiger partial charge on any atom is 0.129 e. The summed E-state index contributed by atoms with van der Waals surface area (Å²) in [5.41, 5.74) is 6.84. The molecule has 0 saturated carbocycles. The predicted molar refractivity (Wildman–Crippen MR) is 58.2 cm³/mol. The molecule has 0 atom stereocenters. The Morgan fingerprint density at radius 3 is 2.71 bits per heavy atom. The molecular formula is C10H17N3O. The normalized spacial score (nSPS) is 11.4. The Morgan fingerprint density at radius 1 is 1.57 bits per heavy atom. The van der Waals surface area contributed by atoms with Crippen molar-refractivity contribution >= 4 is 11.5 Å². The van der Waals surface area contributed by atoms with Crippen LogP contribution in [0.2, 0.25) is 0 Å². The molecule has 0 bridgehead atoms. The zero-order valence-corrected chi connectivity index (χ0v) is 8.83. The van der Waals surface area contributed by atoms with Crippen LogP contribution in [0.25, 0.3) is 0 Å². The fourth-order valence-corrected chi connectivity index (χ4v) is 1.09. The molecule has 0 spiro atoms. The first kappa shape index (κ1) is 10.8. The van der Waals surface area contributed by atoms with Gasteiger partial charge in [0.15, 0.2) is 0 Å². The molecule has 0 aliphatic rings. The van der Waals surface area contributed by atoms with Gasteiger partial charge in [0.25, 0.3) is 0 Å². The van der Waals surface area contributed by atoms with Crippen LogP contribution >= 0.6 is 0 Å². The third kappa shape index (κ3) is 2.60. The lowest BCUT2D eigenvalue weighted by Crippen LogP contribution is -2.35. The van der Waals surface area contributed by atoms with Gasteiger partial charge in [-0.15, -0.1) is 0 Å². The van der Waals surface area contributed by atoms with E-state index in [0.29, 0.717) is 5.69 Å². The highest BCUT2D eigenvalue weighted by molar-refractivity contribution is 5.51. The molecule has 0 amide bonds. The van der Waals surface area contributed by atoms with Crippen LogP contribution in [0.1, 0.15) is 19.4 Å². The fraction of sp³-hybridized carbons (Fsp3) is 0.500. The number of aliphatic hydroxyl groups is 1. The maximum atomic E-state index is 9.09. The number of rotatable bonds is 3. The van der Waals surface area contributed by atoms with Crippen molar-refractivity contribution in [1.29, 1.82) is 0 Å². The van der Waals surface area contributed by atoms with E-state index in [9.17, 15) is 0 Å². The Hall–Kier alpha value is -1.29. The highest BCUT2D eigenvalue weighted by Gasteiger charge is 2.17. The molecule has 4 heteroatoms. The lowest BCUT2D eigenvalue weighted by Gasteiger charge is -2.25. The van der Waals surface area contributed by atoms with Gasteiger partial charge in [-0.2, -0.15) is 0 Å². The van der Waals surface area contributed by atoms with Crippen molar-refractivity contribution in [2.24, 2.45) is 0 Å². The van der Waals surface area contributed by atoms with Gasteiger partial charge in [0.05, 0.1) is 24.0 Å². The van der Waals surface area contributed by atoms with E-state index < -0.39 is 0 Å². The van der Waals surface area contributed by atoms with Crippen LogP contribution in [0, 0.1) is 6.92 Å². The van der Waals surface area contributed by atoms with Crippen molar-refractivity contribution < 1.29 is 5.11 Å². The molecule has 0 aliphatic carbocycles. The van der Waals surface area contributed by atoms with Crippen LogP contribution in [0.5, 0.6) is 0 Å². The zero-order chi connectivity index (χ0) is 10.8. The van der Waals surface area contributed by atoms with Crippen molar-refractivity contribution in [2.45, 2.75) is 26.3 Å². The van der Waals surface area contributed by atoms with E-state index in [2.05, 4.69) is 10.3 Å². The second kappa shape index (κ2) is 3.84. The third-order valence-electron chi connectivity index (χ3n) is 1.95. The van der Waals surface area contributed by atoms with Gasteiger partial charge in [0.2, 0.25) is 0 Å². The highest BCUT2D eigenvalue weighted by atomic mass is 16.3. The third-order valence-corrected chi connectivity index (χ3v) is 1.95. The summed E-state index contributed by atoms with van der Waals surface area (Å²) in [6.07, 6.45) is 1.60. The molecule has 78 valence electrons. The van der Waals surface area contributed by atoms with E-state index in [-0.39, 0.29) is 12.1 Å². The molecule has 1 aromatic rings. The lowest BCUT2D eigenvalue weighted by atomic mass is 10.1. The SMILES string of the molecule is Cc1cc(N)cnc1NC(C)(C)CO.